The van der Waals surface area contributed by atoms with Gasteiger partial charge in [0, 0.05) is 24.9 Å². The lowest BCUT2D eigenvalue weighted by molar-refractivity contribution is 0.0919. The van der Waals surface area contributed by atoms with E-state index in [4.69, 9.17) is 9.47 Å². The molecule has 6 nitrogen and oxygen atoms in total. The second-order valence-electron chi connectivity index (χ2n) is 5.08. The molecule has 0 aliphatic rings. The Hall–Kier alpha value is -2.60. The van der Waals surface area contributed by atoms with E-state index in [9.17, 15) is 5.11 Å². The largest absolute Gasteiger partial charge is 0.508 e. The number of H-pyrrole nitrogens is 1. The van der Waals surface area contributed by atoms with Crippen LogP contribution in [0.3, 0.4) is 0 Å². The smallest absolute Gasteiger partial charge is 0.138 e. The number of phenolic OH excluding ortho intramolecular Hbond substituents is 1. The molecule has 2 aromatic heterocycles. The highest BCUT2D eigenvalue weighted by Gasteiger charge is 2.10. The van der Waals surface area contributed by atoms with Gasteiger partial charge in [-0.15, -0.1) is 0 Å². The summed E-state index contributed by atoms with van der Waals surface area (Å²) < 4.78 is 10.8. The quantitative estimate of drug-likeness (QED) is 0.757. The number of ether oxygens (including phenoxy) is 2. The van der Waals surface area contributed by atoms with Gasteiger partial charge in [-0.05, 0) is 25.1 Å². The van der Waals surface area contributed by atoms with Crippen LogP contribution < -0.4 is 4.74 Å². The van der Waals surface area contributed by atoms with Crippen molar-refractivity contribution in [1.82, 2.24) is 15.0 Å². The molecule has 0 amide bonds. The Bertz CT molecular complexity index is 752. The Labute approximate surface area is 127 Å². The van der Waals surface area contributed by atoms with Gasteiger partial charge in [0.1, 0.15) is 23.4 Å². The van der Waals surface area contributed by atoms with Gasteiger partial charge >= 0.3 is 0 Å². The van der Waals surface area contributed by atoms with Gasteiger partial charge in [-0.2, -0.15) is 0 Å². The molecule has 1 atom stereocenters. The molecule has 0 saturated carbocycles. The van der Waals surface area contributed by atoms with Crippen LogP contribution in [0.5, 0.6) is 11.5 Å². The monoisotopic (exact) mass is 299 g/mol. The fourth-order valence-corrected chi connectivity index (χ4v) is 2.28. The van der Waals surface area contributed by atoms with Gasteiger partial charge in [-0.25, -0.2) is 4.98 Å². The molecule has 2 heterocycles. The van der Waals surface area contributed by atoms with Crippen molar-refractivity contribution in [3.63, 3.8) is 0 Å². The Morgan fingerprint density at radius 3 is 2.95 bits per heavy atom. The molecule has 0 spiro atoms. The molecular formula is C16H17N3O3. The number of aromatic nitrogens is 3. The van der Waals surface area contributed by atoms with Crippen molar-refractivity contribution in [1.29, 1.82) is 0 Å². The number of phenols is 1. The van der Waals surface area contributed by atoms with Crippen LogP contribution in [0.15, 0.2) is 36.7 Å². The van der Waals surface area contributed by atoms with E-state index < -0.39 is 0 Å². The van der Waals surface area contributed by atoms with E-state index >= 15 is 0 Å². The van der Waals surface area contributed by atoms with Gasteiger partial charge in [0.2, 0.25) is 0 Å². The number of aromatic hydroxyl groups is 1. The summed E-state index contributed by atoms with van der Waals surface area (Å²) in [6.07, 6.45) is 3.29. The Morgan fingerprint density at radius 2 is 2.18 bits per heavy atom. The Morgan fingerprint density at radius 1 is 1.32 bits per heavy atom. The van der Waals surface area contributed by atoms with Crippen LogP contribution in [0.1, 0.15) is 6.92 Å². The third kappa shape index (κ3) is 3.01. The van der Waals surface area contributed by atoms with Crippen molar-refractivity contribution in [2.45, 2.75) is 13.0 Å². The van der Waals surface area contributed by atoms with E-state index in [2.05, 4.69) is 15.0 Å². The van der Waals surface area contributed by atoms with Crippen molar-refractivity contribution in [2.75, 3.05) is 13.7 Å². The number of nitrogens with one attached hydrogen (secondary N) is 1. The summed E-state index contributed by atoms with van der Waals surface area (Å²) in [6, 6.07) is 6.87. The molecule has 0 bridgehead atoms. The summed E-state index contributed by atoms with van der Waals surface area (Å²) in [5.41, 5.74) is 2.41. The van der Waals surface area contributed by atoms with Crippen LogP contribution in [0.2, 0.25) is 0 Å². The predicted octanol–water partition coefficient (Wildman–Crippen LogP) is 2.74. The molecule has 0 unspecified atom stereocenters. The number of benzene rings is 1. The van der Waals surface area contributed by atoms with Gasteiger partial charge < -0.3 is 19.6 Å². The van der Waals surface area contributed by atoms with Crippen LogP contribution in [-0.2, 0) is 4.74 Å². The van der Waals surface area contributed by atoms with Crippen molar-refractivity contribution in [3.8, 4) is 22.9 Å². The molecule has 0 radical (unpaired) electrons. The average molecular weight is 299 g/mol. The summed E-state index contributed by atoms with van der Waals surface area (Å²) in [6.45, 7) is 2.38. The maximum Gasteiger partial charge on any atom is 0.138 e. The number of hydrogen-bond acceptors (Lipinski definition) is 5. The number of nitrogens with zero attached hydrogens (tertiary/aromatic N) is 2. The first-order valence-corrected chi connectivity index (χ1v) is 6.95. The van der Waals surface area contributed by atoms with Gasteiger partial charge in [0.05, 0.1) is 23.8 Å². The third-order valence-electron chi connectivity index (χ3n) is 3.19. The van der Waals surface area contributed by atoms with Crippen molar-refractivity contribution in [2.24, 2.45) is 0 Å². The molecule has 114 valence electrons. The molecule has 0 fully saturated rings. The molecule has 0 aliphatic carbocycles. The topological polar surface area (TPSA) is 80.3 Å². The fraction of sp³-hybridized carbons (Fsp3) is 0.250. The van der Waals surface area contributed by atoms with Crippen molar-refractivity contribution >= 4 is 11.0 Å². The van der Waals surface area contributed by atoms with Gasteiger partial charge in [0.25, 0.3) is 0 Å². The maximum atomic E-state index is 9.91. The summed E-state index contributed by atoms with van der Waals surface area (Å²) >= 11 is 0. The van der Waals surface area contributed by atoms with Crippen molar-refractivity contribution in [3.05, 3.63) is 36.7 Å². The lowest BCUT2D eigenvalue weighted by Gasteiger charge is -2.14. The molecule has 0 saturated heterocycles. The molecule has 2 N–H and O–H groups in total. The maximum absolute atomic E-state index is 9.91. The van der Waals surface area contributed by atoms with Gasteiger partial charge in [-0.3, -0.25) is 4.98 Å². The number of hydrogen-bond donors (Lipinski definition) is 2. The molecular weight excluding hydrogens is 282 g/mol. The zero-order chi connectivity index (χ0) is 15.5. The number of fused-ring (bicyclic) bond motifs is 1. The van der Waals surface area contributed by atoms with Crippen LogP contribution >= 0.6 is 0 Å². The van der Waals surface area contributed by atoms with Crippen LogP contribution in [0, 0.1) is 0 Å². The van der Waals surface area contributed by atoms with E-state index in [1.54, 1.807) is 31.6 Å². The average Bonchev–Trinajstić information content (AvgIpc) is 2.90. The van der Waals surface area contributed by atoms with Crippen LogP contribution in [0.25, 0.3) is 22.4 Å². The van der Waals surface area contributed by atoms with Gasteiger partial charge in [-0.1, -0.05) is 0 Å². The minimum absolute atomic E-state index is 0.112. The van der Waals surface area contributed by atoms with Crippen LogP contribution in [0.4, 0.5) is 0 Å². The molecule has 0 aliphatic heterocycles. The zero-order valence-corrected chi connectivity index (χ0v) is 12.4. The van der Waals surface area contributed by atoms with Gasteiger partial charge in [0.15, 0.2) is 0 Å². The van der Waals surface area contributed by atoms with E-state index in [0.717, 1.165) is 16.6 Å². The van der Waals surface area contributed by atoms with E-state index in [0.29, 0.717) is 18.2 Å². The lowest BCUT2D eigenvalue weighted by atomic mass is 10.2. The number of pyridine rings is 1. The second-order valence-corrected chi connectivity index (χ2v) is 5.08. The molecule has 6 heteroatoms. The first-order chi connectivity index (χ1) is 10.7. The third-order valence-corrected chi connectivity index (χ3v) is 3.19. The minimum Gasteiger partial charge on any atom is -0.508 e. The first kappa shape index (κ1) is 14.3. The highest BCUT2D eigenvalue weighted by atomic mass is 16.5. The Kier molecular flexibility index (Phi) is 3.93. The highest BCUT2D eigenvalue weighted by molar-refractivity contribution is 5.78. The number of aromatic amines is 1. The summed E-state index contributed by atoms with van der Waals surface area (Å²) in [5, 5.41) is 9.91. The normalized spacial score (nSPS) is 12.5. The molecule has 1 aromatic carbocycles. The predicted molar refractivity (Wildman–Crippen MR) is 83.0 cm³/mol. The lowest BCUT2D eigenvalue weighted by Crippen LogP contribution is -2.17. The van der Waals surface area contributed by atoms with E-state index in [1.165, 1.54) is 0 Å². The summed E-state index contributed by atoms with van der Waals surface area (Å²) in [7, 11) is 1.62. The SMILES string of the molecule is COC[C@H](C)Oc1cc(O)cc(-c2nc3ccncc3[nH]2)c1. The number of methoxy groups -OCH3 is 1. The second kappa shape index (κ2) is 6.03. The number of rotatable bonds is 5. The first-order valence-electron chi connectivity index (χ1n) is 6.95. The van der Waals surface area contributed by atoms with Crippen molar-refractivity contribution < 1.29 is 14.6 Å². The minimum atomic E-state index is -0.112. The van der Waals surface area contributed by atoms with Crippen LogP contribution in [-0.4, -0.2) is 39.9 Å². The van der Waals surface area contributed by atoms with E-state index in [1.807, 2.05) is 19.1 Å². The number of imidazole rings is 1. The standard InChI is InChI=1S/C16H17N3O3/c1-10(9-21-2)22-13-6-11(5-12(20)7-13)16-18-14-3-4-17-8-15(14)19-16/h3-8,10,20H,9H2,1-2H3,(H,18,19)/t10-/m0/s1. The molecule has 3 aromatic rings. The molecule has 22 heavy (non-hydrogen) atoms. The summed E-state index contributed by atoms with van der Waals surface area (Å²) in [5.74, 6) is 1.34. The Balaban J connectivity index is 1.94. The fourth-order valence-electron chi connectivity index (χ4n) is 2.28. The highest BCUT2D eigenvalue weighted by Crippen LogP contribution is 2.29. The van der Waals surface area contributed by atoms with E-state index in [-0.39, 0.29) is 11.9 Å². The summed E-state index contributed by atoms with van der Waals surface area (Å²) in [4.78, 5) is 11.7. The zero-order valence-electron chi connectivity index (χ0n) is 12.4. The molecule has 3 rings (SSSR count).